The van der Waals surface area contributed by atoms with E-state index >= 15 is 0 Å². The van der Waals surface area contributed by atoms with Crippen LogP contribution in [0.25, 0.3) is 86.0 Å². The average Bonchev–Trinajstić information content (AvgIpc) is 3.95. The van der Waals surface area contributed by atoms with Gasteiger partial charge in [-0.25, -0.2) is 28.2 Å². The van der Waals surface area contributed by atoms with Gasteiger partial charge in [-0.3, -0.25) is 0 Å². The largest absolute Gasteiger partial charge is 0.355 e. The molecule has 0 aromatic carbocycles. The predicted octanol–water partition coefficient (Wildman–Crippen LogP) is 6.42. The summed E-state index contributed by atoms with van der Waals surface area (Å²) in [5, 5.41) is 0. The zero-order valence-corrected chi connectivity index (χ0v) is 29.6. The number of rotatable bonds is 4. The predicted molar refractivity (Wildman–Crippen MR) is 205 cm³/mol. The van der Waals surface area contributed by atoms with Crippen LogP contribution < -0.4 is 18.3 Å². The maximum Gasteiger partial charge on any atom is 0.286 e. The Labute approximate surface area is 301 Å². The number of nitrogens with one attached hydrogen (secondary N) is 1. The molecule has 52 heavy (non-hydrogen) atoms. The van der Waals surface area contributed by atoms with Crippen LogP contribution in [-0.4, -0.2) is 19.5 Å². The summed E-state index contributed by atoms with van der Waals surface area (Å²) >= 11 is 0. The molecule has 2 aliphatic heterocycles. The summed E-state index contributed by atoms with van der Waals surface area (Å²) < 4.78 is 11.2. The van der Waals surface area contributed by atoms with Gasteiger partial charge in [0.1, 0.15) is 43.4 Å². The zero-order chi connectivity index (χ0) is 35.3. The van der Waals surface area contributed by atoms with E-state index in [2.05, 4.69) is 208 Å². The lowest BCUT2D eigenvalue weighted by Crippen LogP contribution is -2.34. The number of aromatic amines is 1. The van der Waals surface area contributed by atoms with E-state index in [1.165, 1.54) is 0 Å². The summed E-state index contributed by atoms with van der Waals surface area (Å²) in [4.78, 5) is 14.0. The number of hydrogen-bond acceptors (Lipinski definition) is 2. The second kappa shape index (κ2) is 12.5. The highest BCUT2D eigenvalue weighted by Gasteiger charge is 2.37. The van der Waals surface area contributed by atoms with Crippen molar-refractivity contribution in [1.29, 1.82) is 0 Å². The Kier molecular flexibility index (Phi) is 7.51. The van der Waals surface area contributed by atoms with Gasteiger partial charge in [0.25, 0.3) is 5.82 Å². The molecule has 0 aliphatic carbocycles. The van der Waals surface area contributed by atoms with E-state index < -0.39 is 0 Å². The molecule has 0 saturated carbocycles. The Bertz CT molecular complexity index is 2800. The van der Waals surface area contributed by atoms with Crippen LogP contribution in [0.15, 0.2) is 128 Å². The standard InChI is InChI=1S/C44H37N8/c1-48-23-9-5-13-36(48)41-35-22-21-33(47-35)28-32-18-17-30(45-32)27-31-19-20-34(46-31)29-39-42(37-14-6-10-24-49(37)2)43(38-15-7-11-25-50(38)3)44(41)52(39)40-16-8-12-26-51(40)4/h5-29H,1-4H3/q+3/p+1. The van der Waals surface area contributed by atoms with Crippen LogP contribution in [0.3, 0.4) is 0 Å². The van der Waals surface area contributed by atoms with Gasteiger partial charge in [0.2, 0.25) is 17.1 Å². The first-order chi connectivity index (χ1) is 25.4. The Morgan fingerprint density at radius 3 is 1.58 bits per heavy atom. The van der Waals surface area contributed by atoms with E-state index in [4.69, 9.17) is 9.97 Å². The van der Waals surface area contributed by atoms with Gasteiger partial charge in [0.15, 0.2) is 24.1 Å². The quantitative estimate of drug-likeness (QED) is 0.219. The maximum absolute atomic E-state index is 5.36. The van der Waals surface area contributed by atoms with Gasteiger partial charge in [0.05, 0.1) is 36.0 Å². The molecule has 7 aromatic heterocycles. The van der Waals surface area contributed by atoms with Crippen LogP contribution in [0.4, 0.5) is 0 Å². The number of hydrogen-bond donors (Lipinski definition) is 1. The second-order valence-electron chi connectivity index (χ2n) is 13.3. The molecule has 2 aliphatic rings. The van der Waals surface area contributed by atoms with Crippen LogP contribution in [0, 0.1) is 0 Å². The number of aromatic nitrogens is 8. The van der Waals surface area contributed by atoms with Crippen molar-refractivity contribution in [2.45, 2.75) is 0 Å². The third kappa shape index (κ3) is 5.32. The molecule has 7 aromatic rings. The van der Waals surface area contributed by atoms with E-state index in [1.807, 2.05) is 0 Å². The van der Waals surface area contributed by atoms with Crippen LogP contribution >= 0.6 is 0 Å². The molecule has 250 valence electrons. The lowest BCUT2D eigenvalue weighted by Gasteiger charge is -2.08. The summed E-state index contributed by atoms with van der Waals surface area (Å²) in [6.45, 7) is 0. The Morgan fingerprint density at radius 1 is 0.481 bits per heavy atom. The minimum atomic E-state index is 0.866. The third-order valence-electron chi connectivity index (χ3n) is 9.86. The first-order valence-electron chi connectivity index (χ1n) is 17.4. The highest BCUT2D eigenvalue weighted by molar-refractivity contribution is 6.08. The summed E-state index contributed by atoms with van der Waals surface area (Å²) in [5.41, 5.74) is 13.8. The van der Waals surface area contributed by atoms with Gasteiger partial charge in [-0.15, -0.1) is 0 Å². The van der Waals surface area contributed by atoms with Crippen molar-refractivity contribution < 1.29 is 18.3 Å². The van der Waals surface area contributed by atoms with Crippen molar-refractivity contribution in [2.24, 2.45) is 28.2 Å². The number of H-pyrrole nitrogens is 1. The molecule has 0 fully saturated rings. The summed E-state index contributed by atoms with van der Waals surface area (Å²) in [6.07, 6.45) is 16.9. The molecular weight excluding hydrogens is 641 g/mol. The number of pyridine rings is 4. The SMILES string of the molecule is C[n+]1ccccc1-c1c(-c2cccc[n+]2C)c2c(-c3cccc[n+]3C)c3nc(cc4ccc(cc5nc(cc1n2-c1cccc[n+]1C)C=C5)[nH]4)C=C3. The average molecular weight is 679 g/mol. The molecule has 9 rings (SSSR count). The second-order valence-corrected chi connectivity index (χ2v) is 13.3. The fraction of sp³-hybridized carbons (Fsp3) is 0.0909. The van der Waals surface area contributed by atoms with E-state index in [9.17, 15) is 0 Å². The van der Waals surface area contributed by atoms with Crippen LogP contribution in [0.5, 0.6) is 0 Å². The Morgan fingerprint density at radius 2 is 0.981 bits per heavy atom. The van der Waals surface area contributed by atoms with Gasteiger partial charge < -0.3 is 4.98 Å². The highest BCUT2D eigenvalue weighted by Crippen LogP contribution is 2.44. The smallest absolute Gasteiger partial charge is 0.286 e. The van der Waals surface area contributed by atoms with Gasteiger partial charge in [-0.1, -0.05) is 6.07 Å². The van der Waals surface area contributed by atoms with Crippen molar-refractivity contribution >= 4 is 46.4 Å². The van der Waals surface area contributed by atoms with Crippen molar-refractivity contribution in [3.63, 3.8) is 0 Å². The maximum atomic E-state index is 5.36. The van der Waals surface area contributed by atoms with Gasteiger partial charge >= 0.3 is 0 Å². The van der Waals surface area contributed by atoms with Crippen LogP contribution in [0.1, 0.15) is 22.8 Å². The lowest BCUT2D eigenvalue weighted by atomic mass is 9.98. The molecule has 1 N–H and O–H groups in total. The number of fused-ring (bicyclic) bond motifs is 8. The van der Waals surface area contributed by atoms with E-state index in [0.717, 1.165) is 84.4 Å². The molecule has 0 radical (unpaired) electrons. The molecule has 0 atom stereocenters. The monoisotopic (exact) mass is 678 g/mol. The summed E-state index contributed by atoms with van der Waals surface area (Å²) in [6, 6.07) is 36.1. The fourth-order valence-corrected chi connectivity index (χ4v) is 7.39. The molecule has 0 amide bonds. The highest BCUT2D eigenvalue weighted by atomic mass is 15.1. The van der Waals surface area contributed by atoms with E-state index in [-0.39, 0.29) is 0 Å². The normalized spacial score (nSPS) is 12.1. The van der Waals surface area contributed by atoms with E-state index in [0.29, 0.717) is 0 Å². The molecule has 8 bridgehead atoms. The van der Waals surface area contributed by atoms with Gasteiger partial charge in [0, 0.05) is 59.6 Å². The summed E-state index contributed by atoms with van der Waals surface area (Å²) in [5.74, 6) is 1.000. The molecule has 0 unspecified atom stereocenters. The zero-order valence-electron chi connectivity index (χ0n) is 29.6. The van der Waals surface area contributed by atoms with Crippen molar-refractivity contribution in [3.8, 4) is 39.6 Å². The first-order valence-corrected chi connectivity index (χ1v) is 17.4. The third-order valence-corrected chi connectivity index (χ3v) is 9.86. The Hall–Kier alpha value is -6.80. The van der Waals surface area contributed by atoms with Crippen LogP contribution in [-0.2, 0) is 28.2 Å². The number of aryl methyl sites for hydroxylation is 4. The molecule has 9 heterocycles. The van der Waals surface area contributed by atoms with E-state index in [1.54, 1.807) is 0 Å². The van der Waals surface area contributed by atoms with Crippen molar-refractivity contribution in [1.82, 2.24) is 19.5 Å². The molecule has 8 heteroatoms. The number of nitrogens with zero attached hydrogens (tertiary/aromatic N) is 7. The Balaban J connectivity index is 1.66. The minimum absolute atomic E-state index is 0.866. The first kappa shape index (κ1) is 31.2. The minimum Gasteiger partial charge on any atom is -0.355 e. The molecule has 0 saturated heterocycles. The molecular formula is C44H38N8+4. The topological polar surface area (TPSA) is 62.0 Å². The summed E-state index contributed by atoms with van der Waals surface area (Å²) in [7, 11) is 8.44. The van der Waals surface area contributed by atoms with Gasteiger partial charge in [-0.05, 0) is 72.8 Å². The fourth-order valence-electron chi connectivity index (χ4n) is 7.39. The lowest BCUT2D eigenvalue weighted by molar-refractivity contribution is -0.665. The van der Waals surface area contributed by atoms with Crippen molar-refractivity contribution in [3.05, 3.63) is 151 Å². The van der Waals surface area contributed by atoms with Crippen molar-refractivity contribution in [2.75, 3.05) is 0 Å². The van der Waals surface area contributed by atoms with Gasteiger partial charge in [-0.2, -0.15) is 4.57 Å². The van der Waals surface area contributed by atoms with Crippen LogP contribution in [0.2, 0.25) is 0 Å². The molecule has 0 spiro atoms. The molecule has 8 nitrogen and oxygen atoms in total.